The van der Waals surface area contributed by atoms with Crippen molar-refractivity contribution in [1.82, 2.24) is 0 Å². The largest absolute Gasteiger partial charge is 0.318 e. The van der Waals surface area contributed by atoms with Crippen LogP contribution in [-0.4, -0.2) is 17.7 Å². The molecular weight excluding hydrogens is 291 g/mol. The second-order valence-corrected chi connectivity index (χ2v) is 5.30. The normalized spacial score (nSPS) is 12.1. The van der Waals surface area contributed by atoms with Crippen molar-refractivity contribution >= 4 is 35.2 Å². The van der Waals surface area contributed by atoms with Crippen LogP contribution in [0.1, 0.15) is 6.42 Å². The van der Waals surface area contributed by atoms with E-state index in [9.17, 15) is 4.57 Å². The lowest BCUT2D eigenvalue weighted by Gasteiger charge is -2.03. The first-order chi connectivity index (χ1) is 5.66. The van der Waals surface area contributed by atoms with Crippen molar-refractivity contribution in [3.8, 4) is 6.07 Å². The van der Waals surface area contributed by atoms with Crippen molar-refractivity contribution in [2.45, 2.75) is 13.2 Å². The second kappa shape index (κ2) is 8.05. The summed E-state index contributed by atoms with van der Waals surface area (Å²) in [4.78, 5) is 0. The van der Waals surface area contributed by atoms with E-state index in [0.717, 1.165) is 0 Å². The van der Waals surface area contributed by atoms with E-state index in [1.165, 1.54) is 0 Å². The molecule has 0 fully saturated rings. The Labute approximate surface area is 86.5 Å². The minimum Gasteiger partial charge on any atom is -0.318 e. The summed E-state index contributed by atoms with van der Waals surface area (Å²) in [6, 6.07) is 1.88. The molecule has 0 radical (unpaired) electrons. The highest BCUT2D eigenvalue weighted by Gasteiger charge is 2.04. The molecule has 0 saturated carbocycles. The van der Waals surface area contributed by atoms with E-state index in [-0.39, 0.29) is 13.0 Å². The molecule has 0 aromatic carbocycles. The Bertz CT molecular complexity index is 184. The molecule has 0 saturated heterocycles. The van der Waals surface area contributed by atoms with Gasteiger partial charge in [-0.2, -0.15) is 5.26 Å². The molecule has 0 aromatic heterocycles. The third-order valence-electron chi connectivity index (χ3n) is 0.865. The molecule has 0 heterocycles. The molecule has 0 aliphatic rings. The smallest absolute Gasteiger partial charge is 0.318 e. The van der Waals surface area contributed by atoms with Gasteiger partial charge in [-0.25, -0.2) is 0 Å². The minimum atomic E-state index is -2.36. The number of halogens is 1. The van der Waals surface area contributed by atoms with E-state index in [4.69, 9.17) is 14.3 Å². The monoisotopic (exact) mass is 301 g/mol. The van der Waals surface area contributed by atoms with Crippen molar-refractivity contribution < 1.29 is 13.6 Å². The van der Waals surface area contributed by atoms with Gasteiger partial charge >= 0.3 is 8.25 Å². The van der Waals surface area contributed by atoms with Crippen molar-refractivity contribution in [3.63, 3.8) is 0 Å². The topological polar surface area (TPSA) is 59.3 Å². The van der Waals surface area contributed by atoms with Crippen LogP contribution in [0.5, 0.6) is 0 Å². The molecule has 0 aliphatic carbocycles. The van der Waals surface area contributed by atoms with Gasteiger partial charge in [-0.15, -0.1) is 22.4 Å². The average molecular weight is 301 g/mol. The first-order valence-electron chi connectivity index (χ1n) is 3.47. The van der Waals surface area contributed by atoms with Crippen LogP contribution >= 0.6 is 30.6 Å². The molecular formula is C5H10BINO3P. The van der Waals surface area contributed by atoms with Gasteiger partial charge in [-0.05, 0) is 0 Å². The molecule has 0 spiro atoms. The lowest BCUT2D eigenvalue weighted by atomic mass is 9.84. The fraction of sp³-hybridized carbons (Fsp3) is 0.800. The Kier molecular flexibility index (Phi) is 8.34. The quantitative estimate of drug-likeness (QED) is 0.325. The molecule has 1 atom stereocenters. The van der Waals surface area contributed by atoms with Crippen LogP contribution in [0.2, 0.25) is 6.82 Å². The number of nitriles is 1. The van der Waals surface area contributed by atoms with Crippen molar-refractivity contribution in [1.29, 1.82) is 5.26 Å². The number of hydrogen-bond donors (Lipinski definition) is 0. The van der Waals surface area contributed by atoms with E-state index in [1.54, 1.807) is 0 Å². The van der Waals surface area contributed by atoms with Crippen molar-refractivity contribution in [3.05, 3.63) is 0 Å². The summed E-state index contributed by atoms with van der Waals surface area (Å²) in [6.07, 6.45) is 0.250. The van der Waals surface area contributed by atoms with Gasteiger partial charge in [0, 0.05) is 6.51 Å². The maximum Gasteiger partial charge on any atom is 0.318 e. The summed E-state index contributed by atoms with van der Waals surface area (Å²) < 4.78 is 20.8. The highest BCUT2D eigenvalue weighted by molar-refractivity contribution is 14.1. The zero-order valence-electron chi connectivity index (χ0n) is 6.75. The fourth-order valence-electron chi connectivity index (χ4n) is 0.405. The van der Waals surface area contributed by atoms with Crippen LogP contribution in [-0.2, 0) is 13.6 Å². The standard InChI is InChI=1S/C5H10BINO3P/c1-6(7)5-11-12(9)10-4-2-3-8/h12H,2,4-5H2,1H3. The summed E-state index contributed by atoms with van der Waals surface area (Å²) in [5, 5.41) is 8.13. The third kappa shape index (κ3) is 8.53. The van der Waals surface area contributed by atoms with Gasteiger partial charge in [0.15, 0.2) is 0 Å². The van der Waals surface area contributed by atoms with Crippen LogP contribution in [0.4, 0.5) is 0 Å². The summed E-state index contributed by atoms with van der Waals surface area (Å²) >= 11 is 2.17. The third-order valence-corrected chi connectivity index (χ3v) is 2.07. The molecule has 1 unspecified atom stereocenters. The predicted molar refractivity (Wildman–Crippen MR) is 56.8 cm³/mol. The molecule has 68 valence electrons. The van der Waals surface area contributed by atoms with E-state index < -0.39 is 8.25 Å². The van der Waals surface area contributed by atoms with E-state index in [0.29, 0.717) is 11.1 Å². The van der Waals surface area contributed by atoms with Crippen molar-refractivity contribution in [2.75, 3.05) is 13.1 Å². The Morgan fingerprint density at radius 1 is 1.67 bits per heavy atom. The summed E-state index contributed by atoms with van der Waals surface area (Å²) in [5.74, 6) is 0. The molecule has 0 aromatic rings. The van der Waals surface area contributed by atoms with Gasteiger partial charge in [0.1, 0.15) is 0 Å². The van der Waals surface area contributed by atoms with Crippen LogP contribution in [0.25, 0.3) is 0 Å². The molecule has 0 N–H and O–H groups in total. The molecule has 0 amide bonds. The predicted octanol–water partition coefficient (Wildman–Crippen LogP) is 1.92. The lowest BCUT2D eigenvalue weighted by Crippen LogP contribution is -2.04. The highest BCUT2D eigenvalue weighted by Crippen LogP contribution is 2.24. The Balaban J connectivity index is 3.29. The lowest BCUT2D eigenvalue weighted by molar-refractivity contribution is 0.252. The molecule has 0 aliphatic heterocycles. The van der Waals surface area contributed by atoms with Gasteiger partial charge in [-0.1, -0.05) is 6.82 Å². The van der Waals surface area contributed by atoms with Gasteiger partial charge in [0.2, 0.25) is 4.57 Å². The van der Waals surface area contributed by atoms with E-state index in [1.807, 2.05) is 12.9 Å². The summed E-state index contributed by atoms with van der Waals surface area (Å²) in [5.41, 5.74) is 0. The Morgan fingerprint density at radius 3 is 2.83 bits per heavy atom. The molecule has 0 rings (SSSR count). The van der Waals surface area contributed by atoms with Crippen molar-refractivity contribution in [2.24, 2.45) is 0 Å². The first kappa shape index (κ1) is 12.4. The van der Waals surface area contributed by atoms with E-state index in [2.05, 4.69) is 22.4 Å². The average Bonchev–Trinajstić information content (AvgIpc) is 2.01. The van der Waals surface area contributed by atoms with Gasteiger partial charge in [0.05, 0.1) is 19.1 Å². The number of rotatable bonds is 6. The zero-order chi connectivity index (χ0) is 9.40. The maximum absolute atomic E-state index is 10.9. The first-order valence-corrected chi connectivity index (χ1v) is 5.94. The molecule has 0 bridgehead atoms. The zero-order valence-corrected chi connectivity index (χ0v) is 9.91. The number of nitrogens with zero attached hydrogens (tertiary/aromatic N) is 1. The van der Waals surface area contributed by atoms with Gasteiger partial charge in [-0.3, -0.25) is 4.57 Å². The van der Waals surface area contributed by atoms with Crippen LogP contribution in [0.3, 0.4) is 0 Å². The van der Waals surface area contributed by atoms with Gasteiger partial charge < -0.3 is 9.05 Å². The summed E-state index contributed by atoms with van der Waals surface area (Å²) in [6.45, 7) is 2.56. The Hall–Kier alpha value is 0.435. The van der Waals surface area contributed by atoms with Crippen LogP contribution < -0.4 is 0 Å². The summed E-state index contributed by atoms with van der Waals surface area (Å²) in [7, 11) is -2.36. The van der Waals surface area contributed by atoms with Crippen LogP contribution in [0.15, 0.2) is 0 Å². The SMILES string of the molecule is CB(I)CO[PH](=O)OCCC#N. The second-order valence-electron chi connectivity index (χ2n) is 2.10. The Morgan fingerprint density at radius 2 is 2.33 bits per heavy atom. The fourth-order valence-corrected chi connectivity index (χ4v) is 1.66. The number of hydrogen-bond acceptors (Lipinski definition) is 4. The van der Waals surface area contributed by atoms with Gasteiger partial charge in [0.25, 0.3) is 0 Å². The molecule has 4 nitrogen and oxygen atoms in total. The highest BCUT2D eigenvalue weighted by atomic mass is 127. The minimum absolute atomic E-state index is 0.184. The molecule has 12 heavy (non-hydrogen) atoms. The maximum atomic E-state index is 10.9. The van der Waals surface area contributed by atoms with Crippen LogP contribution in [0, 0.1) is 11.3 Å². The molecule has 7 heteroatoms. The van der Waals surface area contributed by atoms with E-state index >= 15 is 0 Å².